The first kappa shape index (κ1) is 61.4. The SMILES string of the molecule is C/C=C(\C)C(=O)O[C@@H]1[C@@H](OC(C)=O)[C@@H]2[C@@]3(C)CC[C@H](O[C@H]4C[C@H](OC)[C@H](O[C@H]5C[C@H](OC)[C@H](O[C@@H]6O[C@H](C)[C@@H](O[C@@H]7O[C@H](CO)[C@@H](O)[C@H](O)[C@H]7O)[C@@H](OC)[C@H]6O)[C@@H](C)O5)[C@@H](C)O4)CC3=CC[C@@]2(O)[C@@]2(O)CC[C@@H](C(C)=O)[C@@]12C. The molecule has 0 aromatic rings. The molecule has 7 N–H and O–H groups in total. The Bertz CT molecular complexity index is 2190. The van der Waals surface area contributed by atoms with Crippen LogP contribution in [0.4, 0.5) is 0 Å². The van der Waals surface area contributed by atoms with Crippen molar-refractivity contribution >= 4 is 17.7 Å². The molecule has 3 saturated carbocycles. The smallest absolute Gasteiger partial charge is 0.333 e. The minimum atomic E-state index is -1.90. The molecule has 0 radical (unpaired) electrons. The number of fused-ring (bicyclic) bond motifs is 5. The summed E-state index contributed by atoms with van der Waals surface area (Å²) in [7, 11) is 4.46. The fourth-order valence-corrected chi connectivity index (χ4v) is 14.8. The molecular formula is C55H86O23. The number of rotatable bonds is 16. The predicted molar refractivity (Wildman–Crippen MR) is 268 cm³/mol. The van der Waals surface area contributed by atoms with Gasteiger partial charge in [-0.05, 0) is 85.5 Å². The second-order valence-corrected chi connectivity index (χ2v) is 23.4. The topological polar surface area (TPSA) is 313 Å². The molecule has 23 heteroatoms. The Kier molecular flexibility index (Phi) is 18.8. The van der Waals surface area contributed by atoms with E-state index < -0.39 is 175 Å². The van der Waals surface area contributed by atoms with Crippen LogP contribution in [-0.4, -0.2) is 222 Å². The molecule has 78 heavy (non-hydrogen) atoms. The molecule has 444 valence electrons. The van der Waals surface area contributed by atoms with Crippen LogP contribution in [-0.2, 0) is 76.0 Å². The van der Waals surface area contributed by atoms with Crippen molar-refractivity contribution in [1.82, 2.24) is 0 Å². The average molecular weight is 1120 g/mol. The van der Waals surface area contributed by atoms with Gasteiger partial charge in [-0.1, -0.05) is 31.6 Å². The number of hydrogen-bond acceptors (Lipinski definition) is 23. The lowest BCUT2D eigenvalue weighted by atomic mass is 9.42. The van der Waals surface area contributed by atoms with Crippen LogP contribution in [0.3, 0.4) is 0 Å². The summed E-state index contributed by atoms with van der Waals surface area (Å²) < 4.78 is 80.4. The minimum absolute atomic E-state index is 0.00443. The van der Waals surface area contributed by atoms with E-state index in [1.165, 1.54) is 28.1 Å². The van der Waals surface area contributed by atoms with E-state index in [-0.39, 0.29) is 37.6 Å². The second-order valence-electron chi connectivity index (χ2n) is 23.4. The number of aliphatic hydroxyl groups excluding tert-OH is 5. The molecule has 4 aliphatic carbocycles. The Balaban J connectivity index is 0.908. The molecule has 0 unspecified atom stereocenters. The van der Waals surface area contributed by atoms with E-state index in [9.17, 15) is 50.1 Å². The first-order valence-corrected chi connectivity index (χ1v) is 27.6. The molecule has 8 aliphatic rings. The van der Waals surface area contributed by atoms with Crippen LogP contribution in [0.2, 0.25) is 0 Å². The van der Waals surface area contributed by atoms with Crippen molar-refractivity contribution in [2.45, 2.75) is 254 Å². The highest BCUT2D eigenvalue weighted by atomic mass is 16.8. The van der Waals surface area contributed by atoms with Crippen LogP contribution < -0.4 is 0 Å². The minimum Gasteiger partial charge on any atom is -0.458 e. The number of carbonyl (C=O) groups excluding carboxylic acids is 3. The van der Waals surface area contributed by atoms with Gasteiger partial charge in [0.25, 0.3) is 0 Å². The van der Waals surface area contributed by atoms with Gasteiger partial charge < -0.3 is 97.3 Å². The largest absolute Gasteiger partial charge is 0.458 e. The van der Waals surface area contributed by atoms with Gasteiger partial charge in [-0.2, -0.15) is 0 Å². The summed E-state index contributed by atoms with van der Waals surface area (Å²) >= 11 is 0. The van der Waals surface area contributed by atoms with Gasteiger partial charge >= 0.3 is 11.9 Å². The third kappa shape index (κ3) is 10.7. The molecule has 4 heterocycles. The number of allylic oxidation sites excluding steroid dienone is 1. The highest BCUT2D eigenvalue weighted by Crippen LogP contribution is 2.70. The van der Waals surface area contributed by atoms with Gasteiger partial charge in [0.15, 0.2) is 25.2 Å². The highest BCUT2D eigenvalue weighted by molar-refractivity contribution is 5.88. The Labute approximate surface area is 456 Å². The van der Waals surface area contributed by atoms with E-state index in [1.54, 1.807) is 47.8 Å². The summed E-state index contributed by atoms with van der Waals surface area (Å²) in [4.78, 5) is 40.1. The molecule has 0 aromatic heterocycles. The number of ketones is 1. The lowest BCUT2D eigenvalue weighted by Gasteiger charge is -2.68. The van der Waals surface area contributed by atoms with Gasteiger partial charge in [0.2, 0.25) is 0 Å². The van der Waals surface area contributed by atoms with E-state index in [1.807, 2.05) is 19.9 Å². The van der Waals surface area contributed by atoms with Crippen LogP contribution in [0.15, 0.2) is 23.3 Å². The molecule has 0 aromatic carbocycles. The van der Waals surface area contributed by atoms with Gasteiger partial charge in [-0.15, -0.1) is 0 Å². The summed E-state index contributed by atoms with van der Waals surface area (Å²) in [5.41, 5.74) is -4.93. The van der Waals surface area contributed by atoms with Gasteiger partial charge in [0.1, 0.15) is 84.1 Å². The number of esters is 2. The van der Waals surface area contributed by atoms with Crippen molar-refractivity contribution in [3.63, 3.8) is 0 Å². The zero-order valence-corrected chi connectivity index (χ0v) is 47.0. The molecular weight excluding hydrogens is 1030 g/mol. The van der Waals surface area contributed by atoms with Gasteiger partial charge in [0, 0.05) is 63.9 Å². The molecule has 27 atom stereocenters. The van der Waals surface area contributed by atoms with Crippen LogP contribution in [0.5, 0.6) is 0 Å². The van der Waals surface area contributed by atoms with Gasteiger partial charge in [0.05, 0.1) is 43.2 Å². The predicted octanol–water partition coefficient (Wildman–Crippen LogP) is 1.17. The maximum atomic E-state index is 13.7. The Morgan fingerprint density at radius 2 is 1.28 bits per heavy atom. The van der Waals surface area contributed by atoms with E-state index in [2.05, 4.69) is 0 Å². The molecule has 4 saturated heterocycles. The molecule has 23 nitrogen and oxygen atoms in total. The number of Topliss-reactive ketones (excluding diaryl/α,β-unsaturated/α-hetero) is 1. The van der Waals surface area contributed by atoms with Gasteiger partial charge in [-0.25, -0.2) is 4.79 Å². The Morgan fingerprint density at radius 3 is 1.86 bits per heavy atom. The van der Waals surface area contributed by atoms with Crippen LogP contribution in [0.25, 0.3) is 0 Å². The van der Waals surface area contributed by atoms with E-state index >= 15 is 0 Å². The van der Waals surface area contributed by atoms with Crippen molar-refractivity contribution < 1.29 is 112 Å². The molecule has 7 fully saturated rings. The Morgan fingerprint density at radius 1 is 0.692 bits per heavy atom. The zero-order valence-electron chi connectivity index (χ0n) is 47.0. The molecule has 8 rings (SSSR count). The standard InChI is InChI=1S/C55H86O23/c1-13-24(2)49(63)78-48-46(72-29(7)58)47-52(8)17-15-31(20-30(52)14-18-54(47,64)55(65)19-16-32(25(3)57)53(48,55)9)73-36-21-33(66-10)42(26(4)69-36)75-37-22-34(67-11)43(27(5)70-37)76-51-41(62)45(68-12)44(28(6)71-51)77-50-40(61)39(60)38(59)35(23-56)74-50/h13-14,26-28,31-48,50-51,56,59-62,64-65H,15-23H2,1-12H3/b24-13+/t26-,27-,28-,31+,32+,33+,34+,35-,36+,37+,38-,39+,40-,41-,42-,43-,44-,45+,46+,47-,48-,50+,51+,52+,53+,54+,55-/m1/s1. The van der Waals surface area contributed by atoms with Crippen LogP contribution in [0.1, 0.15) is 114 Å². The molecule has 0 amide bonds. The lowest BCUT2D eigenvalue weighted by molar-refractivity contribution is -0.373. The van der Waals surface area contributed by atoms with E-state index in [4.69, 9.17) is 61.6 Å². The monoisotopic (exact) mass is 1110 g/mol. The number of ether oxygens (including phenoxy) is 13. The maximum Gasteiger partial charge on any atom is 0.333 e. The normalized spacial score (nSPS) is 49.7. The van der Waals surface area contributed by atoms with Crippen LogP contribution >= 0.6 is 0 Å². The summed E-state index contributed by atoms with van der Waals surface area (Å²) in [6.45, 7) is 14.3. The highest BCUT2D eigenvalue weighted by Gasteiger charge is 2.81. The van der Waals surface area contributed by atoms with Gasteiger partial charge in [-0.3, -0.25) is 9.59 Å². The molecule has 0 bridgehead atoms. The summed E-state index contributed by atoms with van der Waals surface area (Å²) in [6.07, 6.45) is -15.7. The van der Waals surface area contributed by atoms with Crippen molar-refractivity contribution in [2.24, 2.45) is 22.7 Å². The average Bonchev–Trinajstić information content (AvgIpc) is 3.24. The number of carbonyl (C=O) groups is 3. The molecule has 4 aliphatic heterocycles. The maximum absolute atomic E-state index is 13.7. The van der Waals surface area contributed by atoms with E-state index in [0.29, 0.717) is 31.3 Å². The zero-order chi connectivity index (χ0) is 57.1. The Hall–Kier alpha value is -2.63. The van der Waals surface area contributed by atoms with Crippen molar-refractivity contribution in [1.29, 1.82) is 0 Å². The summed E-state index contributed by atoms with van der Waals surface area (Å²) in [5.74, 6) is -3.29. The molecule has 0 spiro atoms. The van der Waals surface area contributed by atoms with Crippen molar-refractivity contribution in [3.8, 4) is 0 Å². The van der Waals surface area contributed by atoms with E-state index in [0.717, 1.165) is 5.57 Å². The first-order chi connectivity index (χ1) is 36.8. The fraction of sp³-hybridized carbons (Fsp3) is 0.873. The fourth-order valence-electron chi connectivity index (χ4n) is 14.8. The number of aliphatic hydroxyl groups is 7. The summed E-state index contributed by atoms with van der Waals surface area (Å²) in [5, 5.41) is 78.6. The quantitative estimate of drug-likeness (QED) is 0.0648. The second kappa shape index (κ2) is 23.9. The number of methoxy groups -OCH3 is 3. The van der Waals surface area contributed by atoms with Crippen molar-refractivity contribution in [3.05, 3.63) is 23.3 Å². The lowest BCUT2D eigenvalue weighted by Crippen LogP contribution is -2.80. The van der Waals surface area contributed by atoms with Crippen molar-refractivity contribution in [2.75, 3.05) is 27.9 Å². The third-order valence-corrected chi connectivity index (χ3v) is 19.1. The van der Waals surface area contributed by atoms with Crippen LogP contribution in [0, 0.1) is 22.7 Å². The first-order valence-electron chi connectivity index (χ1n) is 27.6. The number of hydrogen-bond donors (Lipinski definition) is 7. The summed E-state index contributed by atoms with van der Waals surface area (Å²) in [6, 6.07) is 0. The third-order valence-electron chi connectivity index (χ3n) is 19.1.